The Balaban J connectivity index is 2.65. The van der Waals surface area contributed by atoms with E-state index in [2.05, 4.69) is 32.9 Å². The van der Waals surface area contributed by atoms with E-state index in [-0.39, 0.29) is 4.87 Å². The van der Waals surface area contributed by atoms with E-state index in [0.29, 0.717) is 5.41 Å². The van der Waals surface area contributed by atoms with Crippen molar-refractivity contribution in [3.8, 4) is 0 Å². The van der Waals surface area contributed by atoms with E-state index in [0.717, 1.165) is 12.8 Å². The lowest BCUT2D eigenvalue weighted by Crippen LogP contribution is -2.16. The van der Waals surface area contributed by atoms with E-state index in [1.807, 2.05) is 0 Å². The van der Waals surface area contributed by atoms with Gasteiger partial charge in [0.25, 0.3) is 0 Å². The highest BCUT2D eigenvalue weighted by atomic mass is 35.5. The van der Waals surface area contributed by atoms with Crippen LogP contribution in [-0.4, -0.2) is 4.87 Å². The average Bonchev–Trinajstić information content (AvgIpc) is 1.92. The van der Waals surface area contributed by atoms with Gasteiger partial charge in [0.1, 0.15) is 0 Å². The van der Waals surface area contributed by atoms with Crippen LogP contribution in [0.15, 0.2) is 12.2 Å². The van der Waals surface area contributed by atoms with Gasteiger partial charge in [-0.1, -0.05) is 26.0 Å². The summed E-state index contributed by atoms with van der Waals surface area (Å²) in [6.07, 6.45) is 7.84. The monoisotopic (exact) mass is 172 g/mol. The zero-order valence-electron chi connectivity index (χ0n) is 7.65. The molecule has 0 aliphatic heterocycles. The van der Waals surface area contributed by atoms with Crippen molar-refractivity contribution in [3.05, 3.63) is 12.2 Å². The summed E-state index contributed by atoms with van der Waals surface area (Å²) in [7, 11) is 0. The number of allylic oxidation sites excluding steroid dienone is 2. The summed E-state index contributed by atoms with van der Waals surface area (Å²) in [5.74, 6) is 0. The highest BCUT2D eigenvalue weighted by Crippen LogP contribution is 2.36. The van der Waals surface area contributed by atoms with Crippen LogP contribution in [0.3, 0.4) is 0 Å². The molecule has 64 valence electrons. The molecule has 1 aliphatic carbocycles. The van der Waals surface area contributed by atoms with Crippen LogP contribution in [-0.2, 0) is 0 Å². The standard InChI is InChI=1S/C10H17Cl/c1-9(2)5-4-6-10(3,11)8-7-9/h4-5H,6-8H2,1-3H3. The second-order valence-corrected chi connectivity index (χ2v) is 5.42. The SMILES string of the molecule is CC1(C)C=CCC(C)(Cl)CC1. The van der Waals surface area contributed by atoms with Crippen molar-refractivity contribution < 1.29 is 0 Å². The summed E-state index contributed by atoms with van der Waals surface area (Å²) in [5.41, 5.74) is 0.354. The van der Waals surface area contributed by atoms with Crippen LogP contribution in [0.4, 0.5) is 0 Å². The minimum atomic E-state index is 0.00424. The molecule has 1 atom stereocenters. The van der Waals surface area contributed by atoms with Crippen molar-refractivity contribution in [1.82, 2.24) is 0 Å². The molecule has 0 saturated carbocycles. The Hall–Kier alpha value is 0.0300. The summed E-state index contributed by atoms with van der Waals surface area (Å²) in [6, 6.07) is 0. The van der Waals surface area contributed by atoms with Crippen LogP contribution in [0, 0.1) is 5.41 Å². The molecule has 0 bridgehead atoms. The molecule has 0 fully saturated rings. The van der Waals surface area contributed by atoms with Gasteiger partial charge in [0.2, 0.25) is 0 Å². The Morgan fingerprint density at radius 1 is 1.18 bits per heavy atom. The molecule has 0 saturated heterocycles. The van der Waals surface area contributed by atoms with E-state index in [1.165, 1.54) is 6.42 Å². The zero-order chi connectivity index (χ0) is 8.54. The van der Waals surface area contributed by atoms with Gasteiger partial charge in [0, 0.05) is 4.87 Å². The zero-order valence-corrected chi connectivity index (χ0v) is 8.41. The van der Waals surface area contributed by atoms with Gasteiger partial charge in [-0.25, -0.2) is 0 Å². The van der Waals surface area contributed by atoms with Gasteiger partial charge in [-0.05, 0) is 31.6 Å². The quantitative estimate of drug-likeness (QED) is 0.386. The molecule has 0 aromatic rings. The minimum absolute atomic E-state index is 0.00424. The number of halogens is 1. The largest absolute Gasteiger partial charge is 0.119 e. The summed E-state index contributed by atoms with van der Waals surface area (Å²) < 4.78 is 0. The van der Waals surface area contributed by atoms with Crippen molar-refractivity contribution in [1.29, 1.82) is 0 Å². The van der Waals surface area contributed by atoms with E-state index < -0.39 is 0 Å². The van der Waals surface area contributed by atoms with Gasteiger partial charge in [-0.15, -0.1) is 11.6 Å². The predicted molar refractivity (Wildman–Crippen MR) is 51.0 cm³/mol. The maximum Gasteiger partial charge on any atom is 0.0453 e. The van der Waals surface area contributed by atoms with Gasteiger partial charge < -0.3 is 0 Å². The Morgan fingerprint density at radius 2 is 1.82 bits per heavy atom. The molecule has 11 heavy (non-hydrogen) atoms. The number of alkyl halides is 1. The van der Waals surface area contributed by atoms with Crippen LogP contribution >= 0.6 is 11.6 Å². The first-order valence-corrected chi connectivity index (χ1v) is 4.66. The van der Waals surface area contributed by atoms with Gasteiger partial charge in [0.05, 0.1) is 0 Å². The highest BCUT2D eigenvalue weighted by Gasteiger charge is 2.26. The van der Waals surface area contributed by atoms with Gasteiger partial charge >= 0.3 is 0 Å². The maximum atomic E-state index is 6.25. The molecule has 1 unspecified atom stereocenters. The van der Waals surface area contributed by atoms with Crippen molar-refractivity contribution in [2.24, 2.45) is 5.41 Å². The fraction of sp³-hybridized carbons (Fsp3) is 0.800. The third kappa shape index (κ3) is 2.86. The van der Waals surface area contributed by atoms with Crippen molar-refractivity contribution in [2.45, 2.75) is 44.9 Å². The average molecular weight is 173 g/mol. The molecule has 0 N–H and O–H groups in total. The Kier molecular flexibility index (Phi) is 2.34. The van der Waals surface area contributed by atoms with Crippen LogP contribution in [0.25, 0.3) is 0 Å². The molecule has 1 rings (SSSR count). The highest BCUT2D eigenvalue weighted by molar-refractivity contribution is 6.23. The summed E-state index contributed by atoms with van der Waals surface area (Å²) >= 11 is 6.25. The summed E-state index contributed by atoms with van der Waals surface area (Å²) in [4.78, 5) is 0.00424. The predicted octanol–water partition coefficient (Wildman–Crippen LogP) is 3.75. The molecule has 0 aromatic heterocycles. The molecule has 1 heteroatoms. The second-order valence-electron chi connectivity index (χ2n) is 4.51. The maximum absolute atomic E-state index is 6.25. The number of hydrogen-bond acceptors (Lipinski definition) is 0. The molecular weight excluding hydrogens is 156 g/mol. The molecule has 0 amide bonds. The Morgan fingerprint density at radius 3 is 2.45 bits per heavy atom. The number of rotatable bonds is 0. The van der Waals surface area contributed by atoms with Crippen LogP contribution < -0.4 is 0 Å². The lowest BCUT2D eigenvalue weighted by molar-refractivity contribution is 0.401. The van der Waals surface area contributed by atoms with Crippen molar-refractivity contribution >= 4 is 11.6 Å². The van der Waals surface area contributed by atoms with Gasteiger partial charge in [-0.2, -0.15) is 0 Å². The van der Waals surface area contributed by atoms with E-state index in [9.17, 15) is 0 Å². The third-order valence-corrected chi connectivity index (χ3v) is 2.75. The first-order valence-electron chi connectivity index (χ1n) is 4.28. The molecule has 0 heterocycles. The van der Waals surface area contributed by atoms with E-state index in [4.69, 9.17) is 11.6 Å². The van der Waals surface area contributed by atoms with Crippen molar-refractivity contribution in [3.63, 3.8) is 0 Å². The smallest absolute Gasteiger partial charge is 0.0453 e. The first-order chi connectivity index (χ1) is 4.91. The third-order valence-electron chi connectivity index (χ3n) is 2.40. The summed E-state index contributed by atoms with van der Waals surface area (Å²) in [5, 5.41) is 0. The van der Waals surface area contributed by atoms with Crippen LogP contribution in [0.5, 0.6) is 0 Å². The normalized spacial score (nSPS) is 36.7. The first kappa shape index (κ1) is 9.12. The molecule has 1 aliphatic rings. The Labute approximate surface area is 74.6 Å². The molecule has 0 aromatic carbocycles. The molecule has 0 nitrogen and oxygen atoms in total. The van der Waals surface area contributed by atoms with Crippen LogP contribution in [0.1, 0.15) is 40.0 Å². The molecule has 0 radical (unpaired) electrons. The fourth-order valence-electron chi connectivity index (χ4n) is 1.39. The second kappa shape index (κ2) is 2.82. The lowest BCUT2D eigenvalue weighted by atomic mass is 9.87. The van der Waals surface area contributed by atoms with Crippen molar-refractivity contribution in [2.75, 3.05) is 0 Å². The van der Waals surface area contributed by atoms with Gasteiger partial charge in [-0.3, -0.25) is 0 Å². The van der Waals surface area contributed by atoms with E-state index >= 15 is 0 Å². The van der Waals surface area contributed by atoms with E-state index in [1.54, 1.807) is 0 Å². The summed E-state index contributed by atoms with van der Waals surface area (Å²) in [6.45, 7) is 6.66. The molecular formula is C10H17Cl. The minimum Gasteiger partial charge on any atom is -0.119 e. The topological polar surface area (TPSA) is 0 Å². The number of hydrogen-bond donors (Lipinski definition) is 0. The fourth-order valence-corrected chi connectivity index (χ4v) is 1.58. The Bertz CT molecular complexity index is 166. The van der Waals surface area contributed by atoms with Gasteiger partial charge in [0.15, 0.2) is 0 Å². The lowest BCUT2D eigenvalue weighted by Gasteiger charge is -2.22. The molecule has 0 spiro atoms. The van der Waals surface area contributed by atoms with Crippen LogP contribution in [0.2, 0.25) is 0 Å².